The van der Waals surface area contributed by atoms with Crippen LogP contribution in [0.2, 0.25) is 0 Å². The Morgan fingerprint density at radius 3 is 1.14 bits per heavy atom. The maximum atomic E-state index is 7.84. The van der Waals surface area contributed by atoms with Crippen LogP contribution in [0.15, 0.2) is 0 Å². The van der Waals surface area contributed by atoms with Gasteiger partial charge in [0, 0.05) is 0 Å². The molecule has 7 heavy (non-hydrogen) atoms. The summed E-state index contributed by atoms with van der Waals surface area (Å²) in [6, 6.07) is 0. The van der Waals surface area contributed by atoms with E-state index in [1.54, 1.807) is 0 Å². The molecule has 0 aromatic rings. The summed E-state index contributed by atoms with van der Waals surface area (Å²) >= 11 is -1.27. The predicted octanol–water partition coefficient (Wildman–Crippen LogP) is 0.0478. The first-order valence-electron chi connectivity index (χ1n) is 1.12. The van der Waals surface area contributed by atoms with Crippen molar-refractivity contribution in [2.75, 3.05) is 0 Å². The Morgan fingerprint density at radius 2 is 1.14 bits per heavy atom. The molecule has 0 aliphatic heterocycles. The maximum absolute atomic E-state index is 7.84. The van der Waals surface area contributed by atoms with Crippen LogP contribution < -0.4 is 0 Å². The predicted molar refractivity (Wildman–Crippen MR) is 16.8 cm³/mol. The molecule has 0 saturated heterocycles. The molecular weight excluding hydrogens is 142 g/mol. The van der Waals surface area contributed by atoms with E-state index >= 15 is 0 Å². The molecular formula is C3CuN3. The Hall–Kier alpha value is -1.01. The van der Waals surface area contributed by atoms with E-state index in [0.717, 1.165) is 0 Å². The van der Waals surface area contributed by atoms with Crippen LogP contribution >= 0.6 is 0 Å². The van der Waals surface area contributed by atoms with Crippen molar-refractivity contribution in [2.45, 2.75) is 0 Å². The van der Waals surface area contributed by atoms with E-state index in [4.69, 9.17) is 15.8 Å². The summed E-state index contributed by atoms with van der Waals surface area (Å²) in [6.45, 7) is 0. The molecule has 0 bridgehead atoms. The molecule has 0 aromatic heterocycles. The summed E-state index contributed by atoms with van der Waals surface area (Å²) in [5.74, 6) is 0. The number of hydrogen-bond donors (Lipinski definition) is 0. The summed E-state index contributed by atoms with van der Waals surface area (Å²) in [7, 11) is 0. The summed E-state index contributed by atoms with van der Waals surface area (Å²) in [5, 5.41) is 23.5. The van der Waals surface area contributed by atoms with Crippen molar-refractivity contribution in [2.24, 2.45) is 0 Å². The van der Waals surface area contributed by atoms with Crippen LogP contribution in [0, 0.1) is 30.7 Å². The van der Waals surface area contributed by atoms with Gasteiger partial charge in [-0.15, -0.1) is 0 Å². The molecule has 0 spiro atoms. The van der Waals surface area contributed by atoms with Crippen molar-refractivity contribution in [3.05, 3.63) is 0 Å². The summed E-state index contributed by atoms with van der Waals surface area (Å²) in [5.41, 5.74) is 0. The SMILES string of the molecule is N#[C][Cu]([C]#N)[C]#N. The summed E-state index contributed by atoms with van der Waals surface area (Å²) in [4.78, 5) is 4.50. The van der Waals surface area contributed by atoms with E-state index in [-0.39, 0.29) is 0 Å². The fourth-order valence-electron chi connectivity index (χ4n) is 0.0452. The standard InChI is InChI=1S/3CN.Cu/c3*1-2;. The van der Waals surface area contributed by atoms with Gasteiger partial charge in [-0.2, -0.15) is 0 Å². The number of nitriles is 3. The monoisotopic (exact) mass is 141 g/mol. The van der Waals surface area contributed by atoms with E-state index in [2.05, 4.69) is 0 Å². The van der Waals surface area contributed by atoms with Gasteiger partial charge in [0.1, 0.15) is 0 Å². The van der Waals surface area contributed by atoms with E-state index in [0.29, 0.717) is 0 Å². The van der Waals surface area contributed by atoms with Gasteiger partial charge in [0.2, 0.25) is 0 Å². The second-order valence-corrected chi connectivity index (χ2v) is 1.77. The third kappa shape index (κ3) is 1.79. The van der Waals surface area contributed by atoms with Gasteiger partial charge >= 0.3 is 44.6 Å². The van der Waals surface area contributed by atoms with Gasteiger partial charge in [-0.3, -0.25) is 0 Å². The third-order valence-corrected chi connectivity index (χ3v) is 0.834. The van der Waals surface area contributed by atoms with Gasteiger partial charge in [0.15, 0.2) is 0 Å². The second kappa shape index (κ2) is 3.19. The van der Waals surface area contributed by atoms with Crippen molar-refractivity contribution >= 4 is 0 Å². The average Bonchev–Trinajstić information content (AvgIpc) is 1.72. The van der Waals surface area contributed by atoms with E-state index in [9.17, 15) is 0 Å². The number of hydrogen-bond acceptors (Lipinski definition) is 3. The Labute approximate surface area is 45.3 Å². The molecule has 0 fully saturated rings. The first-order chi connectivity index (χ1) is 3.35. The van der Waals surface area contributed by atoms with Crippen LogP contribution in [-0.4, -0.2) is 0 Å². The zero-order valence-electron chi connectivity index (χ0n) is 3.14. The van der Waals surface area contributed by atoms with Gasteiger partial charge in [-0.05, 0) is 0 Å². The molecule has 0 aliphatic rings. The molecule has 4 heteroatoms. The van der Waals surface area contributed by atoms with Crippen LogP contribution in [0.5, 0.6) is 0 Å². The zero-order valence-corrected chi connectivity index (χ0v) is 4.08. The van der Waals surface area contributed by atoms with Crippen molar-refractivity contribution in [1.29, 1.82) is 15.8 Å². The fraction of sp³-hybridized carbons (Fsp3) is 0. The molecule has 0 rings (SSSR count). The van der Waals surface area contributed by atoms with Crippen molar-refractivity contribution in [3.8, 4) is 14.9 Å². The van der Waals surface area contributed by atoms with Gasteiger partial charge in [-0.25, -0.2) is 0 Å². The summed E-state index contributed by atoms with van der Waals surface area (Å²) in [6.07, 6.45) is 0. The first kappa shape index (κ1) is 5.99. The van der Waals surface area contributed by atoms with Crippen LogP contribution in [0.3, 0.4) is 0 Å². The van der Waals surface area contributed by atoms with Gasteiger partial charge in [-0.1, -0.05) is 0 Å². The molecule has 3 nitrogen and oxygen atoms in total. The Kier molecular flexibility index (Phi) is 2.73. The fourth-order valence-corrected chi connectivity index (χ4v) is 0.186. The van der Waals surface area contributed by atoms with E-state index < -0.39 is 13.9 Å². The third-order valence-electron chi connectivity index (χ3n) is 0.202. The summed E-state index contributed by atoms with van der Waals surface area (Å²) < 4.78 is 0. The van der Waals surface area contributed by atoms with Gasteiger partial charge < -0.3 is 0 Å². The van der Waals surface area contributed by atoms with Crippen molar-refractivity contribution < 1.29 is 13.9 Å². The zero-order chi connectivity index (χ0) is 5.70. The van der Waals surface area contributed by atoms with E-state index in [1.807, 2.05) is 0 Å². The Bertz CT molecular complexity index is 133. The van der Waals surface area contributed by atoms with Crippen molar-refractivity contribution in [3.63, 3.8) is 0 Å². The molecule has 0 saturated carbocycles. The molecule has 0 N–H and O–H groups in total. The molecule has 0 aromatic carbocycles. The van der Waals surface area contributed by atoms with Crippen LogP contribution in [0.1, 0.15) is 0 Å². The Morgan fingerprint density at radius 1 is 0.857 bits per heavy atom. The van der Waals surface area contributed by atoms with Gasteiger partial charge in [0.05, 0.1) is 0 Å². The molecule has 38 valence electrons. The molecule has 0 amide bonds. The number of nitrogens with zero attached hydrogens (tertiary/aromatic N) is 3. The minimum absolute atomic E-state index is 1.27. The first-order valence-corrected chi connectivity index (χ1v) is 2.54. The van der Waals surface area contributed by atoms with Crippen LogP contribution in [-0.2, 0) is 13.9 Å². The van der Waals surface area contributed by atoms with Crippen LogP contribution in [0.25, 0.3) is 0 Å². The molecule has 0 heterocycles. The Balaban J connectivity index is 3.82. The molecule has 0 unspecified atom stereocenters. The quantitative estimate of drug-likeness (QED) is 0.448. The molecule has 0 radical (unpaired) electrons. The molecule has 0 atom stereocenters. The average molecular weight is 142 g/mol. The number of rotatable bonds is 0. The molecule has 0 aliphatic carbocycles. The minimum atomic E-state index is -1.27. The second-order valence-electron chi connectivity index (χ2n) is 0.428. The normalized spacial score (nSPS) is 7.29. The van der Waals surface area contributed by atoms with Crippen LogP contribution in [0.4, 0.5) is 0 Å². The van der Waals surface area contributed by atoms with E-state index in [1.165, 1.54) is 14.9 Å². The van der Waals surface area contributed by atoms with Gasteiger partial charge in [0.25, 0.3) is 0 Å². The topological polar surface area (TPSA) is 71.4 Å². The van der Waals surface area contributed by atoms with Crippen molar-refractivity contribution in [1.82, 2.24) is 0 Å².